The molecular formula is C19H22N4O. The molecule has 4 rings (SSSR count). The Bertz CT molecular complexity index is 823. The topological polar surface area (TPSA) is 63.8 Å². The highest BCUT2D eigenvalue weighted by Crippen LogP contribution is 2.26. The van der Waals surface area contributed by atoms with Gasteiger partial charge in [-0.1, -0.05) is 18.1 Å². The van der Waals surface area contributed by atoms with Crippen molar-refractivity contribution < 1.29 is 4.52 Å². The van der Waals surface area contributed by atoms with Crippen LogP contribution >= 0.6 is 0 Å². The van der Waals surface area contributed by atoms with Gasteiger partial charge in [0.2, 0.25) is 11.7 Å². The molecule has 1 aromatic carbocycles. The van der Waals surface area contributed by atoms with Crippen LogP contribution in [0.2, 0.25) is 0 Å². The molecule has 0 saturated carbocycles. The van der Waals surface area contributed by atoms with Crippen molar-refractivity contribution in [2.75, 3.05) is 13.1 Å². The summed E-state index contributed by atoms with van der Waals surface area (Å²) < 4.78 is 5.50. The van der Waals surface area contributed by atoms with E-state index in [0.717, 1.165) is 47.8 Å². The fourth-order valence-corrected chi connectivity index (χ4v) is 3.53. The summed E-state index contributed by atoms with van der Waals surface area (Å²) in [5, 5.41) is 8.68. The molecule has 1 atom stereocenters. The maximum Gasteiger partial charge on any atom is 0.227 e. The minimum atomic E-state index is 0.571. The Labute approximate surface area is 141 Å². The smallest absolute Gasteiger partial charge is 0.227 e. The molecule has 0 aliphatic carbocycles. The van der Waals surface area contributed by atoms with Gasteiger partial charge in [-0.3, -0.25) is 4.98 Å². The first-order chi connectivity index (χ1) is 11.8. The number of nitrogens with one attached hydrogen (secondary N) is 1. The lowest BCUT2D eigenvalue weighted by molar-refractivity contribution is 0.253. The first-order valence-corrected chi connectivity index (χ1v) is 8.68. The lowest BCUT2D eigenvalue weighted by atomic mass is 9.84. The van der Waals surface area contributed by atoms with Crippen LogP contribution in [0.25, 0.3) is 22.3 Å². The zero-order chi connectivity index (χ0) is 16.4. The second-order valence-electron chi connectivity index (χ2n) is 6.69. The van der Waals surface area contributed by atoms with E-state index in [1.165, 1.54) is 12.8 Å². The average Bonchev–Trinajstić information content (AvgIpc) is 3.10. The van der Waals surface area contributed by atoms with Crippen molar-refractivity contribution in [3.05, 3.63) is 42.4 Å². The number of rotatable bonds is 4. The summed E-state index contributed by atoms with van der Waals surface area (Å²) >= 11 is 0. The largest absolute Gasteiger partial charge is 0.339 e. The Kier molecular flexibility index (Phi) is 4.26. The third-order valence-electron chi connectivity index (χ3n) is 5.01. The third kappa shape index (κ3) is 3.17. The SMILES string of the molecule is CC(Cc1nc(-c2ccc3ncccc3c2)no1)C1CCNCC1. The van der Waals surface area contributed by atoms with Crippen molar-refractivity contribution in [1.29, 1.82) is 0 Å². The molecule has 1 fully saturated rings. The monoisotopic (exact) mass is 322 g/mol. The summed E-state index contributed by atoms with van der Waals surface area (Å²) in [6, 6.07) is 10.0. The highest BCUT2D eigenvalue weighted by Gasteiger charge is 2.22. The second-order valence-corrected chi connectivity index (χ2v) is 6.69. The highest BCUT2D eigenvalue weighted by atomic mass is 16.5. The molecule has 5 nitrogen and oxygen atoms in total. The van der Waals surface area contributed by atoms with Crippen LogP contribution in [0, 0.1) is 11.8 Å². The summed E-state index contributed by atoms with van der Waals surface area (Å²) in [7, 11) is 0. The first kappa shape index (κ1) is 15.3. The lowest BCUT2D eigenvalue weighted by Gasteiger charge is -2.27. The van der Waals surface area contributed by atoms with Crippen LogP contribution < -0.4 is 5.32 Å². The van der Waals surface area contributed by atoms with E-state index in [4.69, 9.17) is 4.52 Å². The predicted octanol–water partition coefficient (Wildman–Crippen LogP) is 3.46. The number of aromatic nitrogens is 3. The summed E-state index contributed by atoms with van der Waals surface area (Å²) in [5.74, 6) is 2.71. The normalized spacial score (nSPS) is 17.2. The summed E-state index contributed by atoms with van der Waals surface area (Å²) in [6.45, 7) is 4.53. The number of piperidine rings is 1. The number of pyridine rings is 1. The number of hydrogen-bond acceptors (Lipinski definition) is 5. The predicted molar refractivity (Wildman–Crippen MR) is 93.5 cm³/mol. The Morgan fingerprint density at radius 1 is 1.25 bits per heavy atom. The van der Waals surface area contributed by atoms with Gasteiger partial charge in [-0.15, -0.1) is 0 Å². The van der Waals surface area contributed by atoms with Crippen molar-refractivity contribution in [3.63, 3.8) is 0 Å². The quantitative estimate of drug-likeness (QED) is 0.797. The average molecular weight is 322 g/mol. The number of benzene rings is 1. The van der Waals surface area contributed by atoms with Crippen LogP contribution in [-0.2, 0) is 6.42 Å². The van der Waals surface area contributed by atoms with E-state index in [1.807, 2.05) is 24.3 Å². The van der Waals surface area contributed by atoms with Gasteiger partial charge in [0.05, 0.1) is 5.52 Å². The zero-order valence-electron chi connectivity index (χ0n) is 13.9. The van der Waals surface area contributed by atoms with Gasteiger partial charge in [0.25, 0.3) is 0 Å². The van der Waals surface area contributed by atoms with Gasteiger partial charge in [-0.05, 0) is 62.0 Å². The Balaban J connectivity index is 1.50. The van der Waals surface area contributed by atoms with Gasteiger partial charge >= 0.3 is 0 Å². The van der Waals surface area contributed by atoms with Gasteiger partial charge in [-0.25, -0.2) is 0 Å². The van der Waals surface area contributed by atoms with E-state index in [9.17, 15) is 0 Å². The molecule has 3 aromatic rings. The standard InChI is InChI=1S/C19H22N4O/c1-13(14-6-9-20-10-7-14)11-18-22-19(23-24-18)16-4-5-17-15(12-16)3-2-8-21-17/h2-5,8,12-14,20H,6-7,9-11H2,1H3. The summed E-state index contributed by atoms with van der Waals surface area (Å²) in [6.07, 6.45) is 5.13. The van der Waals surface area contributed by atoms with Gasteiger partial charge in [0.1, 0.15) is 0 Å². The molecule has 0 amide bonds. The van der Waals surface area contributed by atoms with Crippen molar-refractivity contribution in [2.45, 2.75) is 26.2 Å². The minimum absolute atomic E-state index is 0.571. The van der Waals surface area contributed by atoms with E-state index in [0.29, 0.717) is 11.7 Å². The van der Waals surface area contributed by atoms with Gasteiger partial charge in [0.15, 0.2) is 0 Å². The fourth-order valence-electron chi connectivity index (χ4n) is 3.53. The molecule has 0 spiro atoms. The van der Waals surface area contributed by atoms with Crippen LogP contribution in [0.1, 0.15) is 25.7 Å². The van der Waals surface area contributed by atoms with E-state index in [-0.39, 0.29) is 0 Å². The van der Waals surface area contributed by atoms with Crippen LogP contribution in [0.15, 0.2) is 41.1 Å². The van der Waals surface area contributed by atoms with Gasteiger partial charge in [0, 0.05) is 23.6 Å². The molecule has 1 unspecified atom stereocenters. The molecule has 2 aromatic heterocycles. The maximum atomic E-state index is 5.50. The van der Waals surface area contributed by atoms with Crippen LogP contribution in [0.5, 0.6) is 0 Å². The highest BCUT2D eigenvalue weighted by molar-refractivity contribution is 5.82. The number of hydrogen-bond donors (Lipinski definition) is 1. The van der Waals surface area contributed by atoms with E-state index in [1.54, 1.807) is 6.20 Å². The first-order valence-electron chi connectivity index (χ1n) is 8.68. The molecule has 1 aliphatic heterocycles. The van der Waals surface area contributed by atoms with Crippen molar-refractivity contribution in [2.24, 2.45) is 11.8 Å². The molecule has 0 bridgehead atoms. The molecule has 5 heteroatoms. The van der Waals surface area contributed by atoms with Crippen LogP contribution in [0.3, 0.4) is 0 Å². The molecule has 0 radical (unpaired) electrons. The lowest BCUT2D eigenvalue weighted by Crippen LogP contribution is -2.31. The van der Waals surface area contributed by atoms with E-state index < -0.39 is 0 Å². The van der Waals surface area contributed by atoms with E-state index >= 15 is 0 Å². The van der Waals surface area contributed by atoms with Crippen LogP contribution in [0.4, 0.5) is 0 Å². The summed E-state index contributed by atoms with van der Waals surface area (Å²) in [5.41, 5.74) is 1.95. The number of nitrogens with zero attached hydrogens (tertiary/aromatic N) is 3. The zero-order valence-corrected chi connectivity index (χ0v) is 13.9. The molecule has 3 heterocycles. The summed E-state index contributed by atoms with van der Waals surface area (Å²) in [4.78, 5) is 8.95. The van der Waals surface area contributed by atoms with Crippen molar-refractivity contribution in [3.8, 4) is 11.4 Å². The molecule has 124 valence electrons. The Morgan fingerprint density at radius 3 is 3.00 bits per heavy atom. The van der Waals surface area contributed by atoms with Gasteiger partial charge < -0.3 is 9.84 Å². The van der Waals surface area contributed by atoms with Crippen LogP contribution in [-0.4, -0.2) is 28.2 Å². The van der Waals surface area contributed by atoms with Gasteiger partial charge in [-0.2, -0.15) is 4.98 Å². The van der Waals surface area contributed by atoms with Crippen molar-refractivity contribution >= 4 is 10.9 Å². The second kappa shape index (κ2) is 6.69. The Hall–Kier alpha value is -2.27. The maximum absolute atomic E-state index is 5.50. The molecule has 1 aliphatic rings. The molecule has 1 N–H and O–H groups in total. The third-order valence-corrected chi connectivity index (χ3v) is 5.01. The minimum Gasteiger partial charge on any atom is -0.339 e. The fraction of sp³-hybridized carbons (Fsp3) is 0.421. The molecule has 1 saturated heterocycles. The Morgan fingerprint density at radius 2 is 2.12 bits per heavy atom. The molecule has 24 heavy (non-hydrogen) atoms. The molecular weight excluding hydrogens is 300 g/mol. The van der Waals surface area contributed by atoms with E-state index in [2.05, 4.69) is 33.4 Å². The number of fused-ring (bicyclic) bond motifs is 1. The van der Waals surface area contributed by atoms with Crippen molar-refractivity contribution in [1.82, 2.24) is 20.4 Å².